The molecule has 2 rings (SSSR count). The van der Waals surface area contributed by atoms with Gasteiger partial charge in [-0.25, -0.2) is 0 Å². The SMILES string of the molecule is CC(N)=NC1CC2CCC1C2. The second kappa shape index (κ2) is 2.50. The molecule has 2 bridgehead atoms. The van der Waals surface area contributed by atoms with Gasteiger partial charge in [0.05, 0.1) is 11.9 Å². The monoisotopic (exact) mass is 152 g/mol. The Labute approximate surface area is 67.9 Å². The fourth-order valence-corrected chi connectivity index (χ4v) is 2.63. The molecule has 0 aromatic heterocycles. The maximum absolute atomic E-state index is 5.55. The van der Waals surface area contributed by atoms with Gasteiger partial charge in [-0.2, -0.15) is 0 Å². The number of aliphatic imine (C=N–C) groups is 1. The number of amidine groups is 1. The first-order valence-corrected chi connectivity index (χ1v) is 4.55. The van der Waals surface area contributed by atoms with Crippen LogP contribution >= 0.6 is 0 Å². The van der Waals surface area contributed by atoms with Crippen molar-refractivity contribution in [2.45, 2.75) is 38.6 Å². The summed E-state index contributed by atoms with van der Waals surface area (Å²) in [5, 5.41) is 0. The molecule has 3 unspecified atom stereocenters. The van der Waals surface area contributed by atoms with Crippen LogP contribution in [0.25, 0.3) is 0 Å². The van der Waals surface area contributed by atoms with E-state index < -0.39 is 0 Å². The van der Waals surface area contributed by atoms with Gasteiger partial charge in [0.1, 0.15) is 0 Å². The molecule has 0 radical (unpaired) electrons. The average Bonchev–Trinajstić information content (AvgIpc) is 2.45. The van der Waals surface area contributed by atoms with E-state index in [1.165, 1.54) is 25.7 Å². The summed E-state index contributed by atoms with van der Waals surface area (Å²) in [4.78, 5) is 4.45. The maximum Gasteiger partial charge on any atom is 0.0909 e. The smallest absolute Gasteiger partial charge is 0.0909 e. The van der Waals surface area contributed by atoms with Crippen molar-refractivity contribution >= 4 is 5.84 Å². The van der Waals surface area contributed by atoms with E-state index >= 15 is 0 Å². The molecular weight excluding hydrogens is 136 g/mol. The molecular formula is C9H16N2. The third kappa shape index (κ3) is 1.26. The molecule has 3 atom stereocenters. The molecule has 0 aromatic carbocycles. The van der Waals surface area contributed by atoms with Crippen LogP contribution in [0.1, 0.15) is 32.6 Å². The Bertz CT molecular complexity index is 182. The molecule has 0 aliphatic heterocycles. The van der Waals surface area contributed by atoms with Gasteiger partial charge in [0, 0.05) is 0 Å². The maximum atomic E-state index is 5.55. The highest BCUT2D eigenvalue weighted by Crippen LogP contribution is 2.45. The zero-order chi connectivity index (χ0) is 7.84. The summed E-state index contributed by atoms with van der Waals surface area (Å²) < 4.78 is 0. The molecule has 2 N–H and O–H groups in total. The minimum Gasteiger partial charge on any atom is -0.388 e. The Morgan fingerprint density at radius 1 is 1.36 bits per heavy atom. The van der Waals surface area contributed by atoms with E-state index in [-0.39, 0.29) is 0 Å². The molecule has 0 heterocycles. The van der Waals surface area contributed by atoms with Crippen molar-refractivity contribution in [2.75, 3.05) is 0 Å². The molecule has 11 heavy (non-hydrogen) atoms. The fraction of sp³-hybridized carbons (Fsp3) is 0.889. The third-order valence-corrected chi connectivity index (χ3v) is 3.07. The highest BCUT2D eigenvalue weighted by atomic mass is 14.9. The van der Waals surface area contributed by atoms with Crippen molar-refractivity contribution in [1.82, 2.24) is 0 Å². The van der Waals surface area contributed by atoms with E-state index in [1.54, 1.807) is 0 Å². The molecule has 0 amide bonds. The predicted molar refractivity (Wildman–Crippen MR) is 46.5 cm³/mol. The molecule has 2 heteroatoms. The van der Waals surface area contributed by atoms with Gasteiger partial charge in [-0.1, -0.05) is 6.42 Å². The Morgan fingerprint density at radius 3 is 2.64 bits per heavy atom. The molecule has 0 saturated heterocycles. The van der Waals surface area contributed by atoms with E-state index in [4.69, 9.17) is 5.73 Å². The van der Waals surface area contributed by atoms with Crippen LogP contribution in [0.4, 0.5) is 0 Å². The third-order valence-electron chi connectivity index (χ3n) is 3.07. The van der Waals surface area contributed by atoms with Gasteiger partial charge in [0.15, 0.2) is 0 Å². The summed E-state index contributed by atoms with van der Waals surface area (Å²) in [6.45, 7) is 1.89. The van der Waals surface area contributed by atoms with Gasteiger partial charge in [0.25, 0.3) is 0 Å². The first-order chi connectivity index (χ1) is 5.25. The Morgan fingerprint density at radius 2 is 2.18 bits per heavy atom. The van der Waals surface area contributed by atoms with Crippen LogP contribution in [0, 0.1) is 11.8 Å². The van der Waals surface area contributed by atoms with Gasteiger partial charge in [-0.3, -0.25) is 4.99 Å². The molecule has 2 aliphatic carbocycles. The quantitative estimate of drug-likeness (QED) is 0.449. The summed E-state index contributed by atoms with van der Waals surface area (Å²) in [6.07, 6.45) is 5.56. The number of nitrogens with two attached hydrogens (primary N) is 1. The van der Waals surface area contributed by atoms with Crippen molar-refractivity contribution in [1.29, 1.82) is 0 Å². The molecule has 0 spiro atoms. The van der Waals surface area contributed by atoms with Crippen LogP contribution in [-0.4, -0.2) is 11.9 Å². The van der Waals surface area contributed by atoms with Gasteiger partial charge in [-0.15, -0.1) is 0 Å². The zero-order valence-corrected chi connectivity index (χ0v) is 7.09. The van der Waals surface area contributed by atoms with Crippen molar-refractivity contribution in [3.63, 3.8) is 0 Å². The first kappa shape index (κ1) is 7.14. The number of nitrogens with zero attached hydrogens (tertiary/aromatic N) is 1. The van der Waals surface area contributed by atoms with Crippen LogP contribution in [0.2, 0.25) is 0 Å². The zero-order valence-electron chi connectivity index (χ0n) is 7.09. The van der Waals surface area contributed by atoms with E-state index in [1.807, 2.05) is 6.92 Å². The van der Waals surface area contributed by atoms with Crippen molar-refractivity contribution in [3.05, 3.63) is 0 Å². The lowest BCUT2D eigenvalue weighted by Gasteiger charge is -2.17. The van der Waals surface area contributed by atoms with Crippen LogP contribution in [-0.2, 0) is 0 Å². The number of rotatable bonds is 1. The van der Waals surface area contributed by atoms with Crippen LogP contribution in [0.3, 0.4) is 0 Å². The van der Waals surface area contributed by atoms with Crippen LogP contribution < -0.4 is 5.73 Å². The molecule has 62 valence electrons. The summed E-state index contributed by atoms with van der Waals surface area (Å²) in [5.74, 6) is 2.62. The van der Waals surface area contributed by atoms with Crippen molar-refractivity contribution in [3.8, 4) is 0 Å². The van der Waals surface area contributed by atoms with Crippen LogP contribution in [0.15, 0.2) is 4.99 Å². The summed E-state index contributed by atoms with van der Waals surface area (Å²) >= 11 is 0. The highest BCUT2D eigenvalue weighted by molar-refractivity contribution is 5.77. The summed E-state index contributed by atoms with van der Waals surface area (Å²) in [5.41, 5.74) is 5.55. The fourth-order valence-electron chi connectivity index (χ4n) is 2.63. The molecule has 2 nitrogen and oxygen atoms in total. The van der Waals surface area contributed by atoms with E-state index in [0.717, 1.165) is 17.7 Å². The van der Waals surface area contributed by atoms with Gasteiger partial charge in [-0.05, 0) is 38.0 Å². The lowest BCUT2D eigenvalue weighted by Crippen LogP contribution is -2.18. The number of hydrogen-bond acceptors (Lipinski definition) is 1. The van der Waals surface area contributed by atoms with Crippen molar-refractivity contribution in [2.24, 2.45) is 22.6 Å². The Kier molecular flexibility index (Phi) is 1.63. The molecule has 2 saturated carbocycles. The second-order valence-electron chi connectivity index (χ2n) is 4.01. The lowest BCUT2D eigenvalue weighted by molar-refractivity contribution is 0.420. The Hall–Kier alpha value is -0.530. The summed E-state index contributed by atoms with van der Waals surface area (Å²) in [7, 11) is 0. The molecule has 2 aliphatic rings. The standard InChI is InChI=1S/C9H16N2/c1-6(10)11-9-5-7-2-3-8(9)4-7/h7-9H,2-5H2,1H3,(H2,10,11). The normalized spacial score (nSPS) is 43.4. The topological polar surface area (TPSA) is 38.4 Å². The summed E-state index contributed by atoms with van der Waals surface area (Å²) in [6, 6.07) is 0.582. The van der Waals surface area contributed by atoms with Gasteiger partial charge >= 0.3 is 0 Å². The van der Waals surface area contributed by atoms with Crippen LogP contribution in [0.5, 0.6) is 0 Å². The second-order valence-corrected chi connectivity index (χ2v) is 4.01. The molecule has 2 fully saturated rings. The van der Waals surface area contributed by atoms with Gasteiger partial charge in [0.2, 0.25) is 0 Å². The average molecular weight is 152 g/mol. The van der Waals surface area contributed by atoms with E-state index in [0.29, 0.717) is 6.04 Å². The lowest BCUT2D eigenvalue weighted by atomic mass is 9.96. The highest BCUT2D eigenvalue weighted by Gasteiger charge is 2.39. The van der Waals surface area contributed by atoms with Gasteiger partial charge < -0.3 is 5.73 Å². The first-order valence-electron chi connectivity index (χ1n) is 4.55. The number of fused-ring (bicyclic) bond motifs is 2. The Balaban J connectivity index is 2.03. The van der Waals surface area contributed by atoms with E-state index in [2.05, 4.69) is 4.99 Å². The van der Waals surface area contributed by atoms with Crippen molar-refractivity contribution < 1.29 is 0 Å². The number of hydrogen-bond donors (Lipinski definition) is 1. The predicted octanol–water partition coefficient (Wildman–Crippen LogP) is 1.55. The minimum absolute atomic E-state index is 0.582. The molecule has 0 aromatic rings. The minimum atomic E-state index is 0.582. The largest absolute Gasteiger partial charge is 0.388 e. The van der Waals surface area contributed by atoms with E-state index in [9.17, 15) is 0 Å².